The van der Waals surface area contributed by atoms with Crippen LogP contribution in [0, 0.1) is 0 Å². The number of rotatable bonds is 7. The SMILES string of the molecule is CN(C)CCCC(=O)c1ccc(-c2cn3c(-c4cccc(O)c4)cnc3cn2)cc1. The molecule has 6 nitrogen and oxygen atoms in total. The Bertz CT molecular complexity index is 1180. The second-order valence-corrected chi connectivity index (χ2v) is 7.60. The molecule has 2 aromatic heterocycles. The van der Waals surface area contributed by atoms with Crippen LogP contribution < -0.4 is 0 Å². The minimum atomic E-state index is 0.160. The quantitative estimate of drug-likeness (QED) is 0.469. The fraction of sp³-hybridized carbons (Fsp3) is 0.208. The minimum absolute atomic E-state index is 0.160. The van der Waals surface area contributed by atoms with Gasteiger partial charge in [-0.2, -0.15) is 0 Å². The highest BCUT2D eigenvalue weighted by Crippen LogP contribution is 2.26. The highest BCUT2D eigenvalue weighted by atomic mass is 16.3. The lowest BCUT2D eigenvalue weighted by atomic mass is 10.0. The van der Waals surface area contributed by atoms with E-state index in [1.54, 1.807) is 30.6 Å². The van der Waals surface area contributed by atoms with Gasteiger partial charge in [0.15, 0.2) is 11.4 Å². The van der Waals surface area contributed by atoms with Crippen LogP contribution in [0.3, 0.4) is 0 Å². The molecule has 2 aromatic carbocycles. The molecule has 2 heterocycles. The Balaban J connectivity index is 1.59. The fourth-order valence-corrected chi connectivity index (χ4v) is 3.44. The van der Waals surface area contributed by atoms with E-state index in [2.05, 4.69) is 14.9 Å². The Morgan fingerprint density at radius 2 is 1.83 bits per heavy atom. The maximum atomic E-state index is 12.4. The third kappa shape index (κ3) is 4.23. The van der Waals surface area contributed by atoms with Gasteiger partial charge in [0.1, 0.15) is 5.75 Å². The molecule has 4 aromatic rings. The molecule has 6 heteroatoms. The number of hydrogen-bond acceptors (Lipinski definition) is 5. The zero-order valence-electron chi connectivity index (χ0n) is 17.1. The molecule has 0 aliphatic rings. The number of carbonyl (C=O) groups is 1. The minimum Gasteiger partial charge on any atom is -0.508 e. The molecule has 0 saturated heterocycles. The number of aromatic hydroxyl groups is 1. The molecule has 0 bridgehead atoms. The normalized spacial score (nSPS) is 11.3. The van der Waals surface area contributed by atoms with Gasteiger partial charge >= 0.3 is 0 Å². The van der Waals surface area contributed by atoms with E-state index < -0.39 is 0 Å². The summed E-state index contributed by atoms with van der Waals surface area (Å²) in [5, 5.41) is 9.80. The predicted octanol–water partition coefficient (Wildman–Crippen LogP) is 4.29. The van der Waals surface area contributed by atoms with Crippen LogP contribution in [0.2, 0.25) is 0 Å². The first-order valence-corrected chi connectivity index (χ1v) is 9.92. The van der Waals surface area contributed by atoms with E-state index >= 15 is 0 Å². The summed E-state index contributed by atoms with van der Waals surface area (Å²) < 4.78 is 1.96. The number of ketones is 1. The van der Waals surface area contributed by atoms with Gasteiger partial charge in [-0.25, -0.2) is 4.98 Å². The second-order valence-electron chi connectivity index (χ2n) is 7.60. The van der Waals surface area contributed by atoms with Gasteiger partial charge in [0.2, 0.25) is 0 Å². The van der Waals surface area contributed by atoms with E-state index in [1.165, 1.54) is 0 Å². The summed E-state index contributed by atoms with van der Waals surface area (Å²) in [6.07, 6.45) is 6.82. The molecule has 4 rings (SSSR count). The van der Waals surface area contributed by atoms with Gasteiger partial charge in [0, 0.05) is 29.3 Å². The van der Waals surface area contributed by atoms with Crippen LogP contribution in [0.1, 0.15) is 23.2 Å². The van der Waals surface area contributed by atoms with Crippen LogP contribution in [0.15, 0.2) is 67.1 Å². The topological polar surface area (TPSA) is 70.7 Å². The molecule has 152 valence electrons. The maximum Gasteiger partial charge on any atom is 0.162 e. The Morgan fingerprint density at radius 1 is 1.03 bits per heavy atom. The van der Waals surface area contributed by atoms with Crippen LogP contribution in [-0.4, -0.2) is 50.8 Å². The summed E-state index contributed by atoms with van der Waals surface area (Å²) in [4.78, 5) is 23.4. The average Bonchev–Trinajstić information content (AvgIpc) is 3.17. The van der Waals surface area contributed by atoms with Gasteiger partial charge in [0.25, 0.3) is 0 Å². The van der Waals surface area contributed by atoms with Crippen molar-refractivity contribution in [2.45, 2.75) is 12.8 Å². The molecule has 0 saturated carbocycles. The lowest BCUT2D eigenvalue weighted by molar-refractivity contribution is 0.0977. The van der Waals surface area contributed by atoms with Gasteiger partial charge in [-0.15, -0.1) is 0 Å². The molecular formula is C24H24N4O2. The van der Waals surface area contributed by atoms with E-state index in [-0.39, 0.29) is 11.5 Å². The first-order chi connectivity index (χ1) is 14.5. The second kappa shape index (κ2) is 8.47. The summed E-state index contributed by atoms with van der Waals surface area (Å²) in [5.74, 6) is 0.371. The van der Waals surface area contributed by atoms with Gasteiger partial charge in [-0.3, -0.25) is 14.2 Å². The van der Waals surface area contributed by atoms with Crippen LogP contribution in [-0.2, 0) is 0 Å². The van der Waals surface area contributed by atoms with Crippen molar-refractivity contribution in [1.82, 2.24) is 19.3 Å². The van der Waals surface area contributed by atoms with E-state index in [0.717, 1.165) is 46.7 Å². The smallest absolute Gasteiger partial charge is 0.162 e. The van der Waals surface area contributed by atoms with Crippen LogP contribution in [0.5, 0.6) is 5.75 Å². The number of fused-ring (bicyclic) bond motifs is 1. The summed E-state index contributed by atoms with van der Waals surface area (Å²) in [6, 6.07) is 14.7. The number of benzene rings is 2. The largest absolute Gasteiger partial charge is 0.508 e. The highest BCUT2D eigenvalue weighted by Gasteiger charge is 2.10. The predicted molar refractivity (Wildman–Crippen MR) is 118 cm³/mol. The number of Topliss-reactive ketones (excluding diaryl/α,β-unsaturated/α-hetero) is 1. The van der Waals surface area contributed by atoms with Crippen molar-refractivity contribution < 1.29 is 9.90 Å². The highest BCUT2D eigenvalue weighted by molar-refractivity contribution is 5.96. The summed E-state index contributed by atoms with van der Waals surface area (Å²) in [7, 11) is 4.02. The number of aromatic nitrogens is 3. The molecule has 1 N–H and O–H groups in total. The molecule has 0 aliphatic heterocycles. The van der Waals surface area contributed by atoms with Gasteiger partial charge in [-0.05, 0) is 39.2 Å². The van der Waals surface area contributed by atoms with Crippen LogP contribution >= 0.6 is 0 Å². The van der Waals surface area contributed by atoms with E-state index in [1.807, 2.05) is 55.0 Å². The van der Waals surface area contributed by atoms with E-state index in [0.29, 0.717) is 6.42 Å². The van der Waals surface area contributed by atoms with Crippen LogP contribution in [0.25, 0.3) is 28.2 Å². The number of phenols is 1. The van der Waals surface area contributed by atoms with Crippen molar-refractivity contribution in [1.29, 1.82) is 0 Å². The first kappa shape index (κ1) is 19.8. The Hall–Kier alpha value is -3.51. The first-order valence-electron chi connectivity index (χ1n) is 9.92. The third-order valence-corrected chi connectivity index (χ3v) is 5.05. The zero-order chi connectivity index (χ0) is 21.1. The Labute approximate surface area is 175 Å². The Morgan fingerprint density at radius 3 is 2.57 bits per heavy atom. The van der Waals surface area contributed by atoms with Crippen molar-refractivity contribution in [3.05, 3.63) is 72.7 Å². The number of hydrogen-bond donors (Lipinski definition) is 1. The Kier molecular flexibility index (Phi) is 5.59. The molecule has 0 unspecified atom stereocenters. The van der Waals surface area contributed by atoms with Gasteiger partial charge in [-0.1, -0.05) is 36.4 Å². The number of phenolic OH excluding ortho intramolecular Hbond substituents is 1. The number of carbonyl (C=O) groups excluding carboxylic acids is 1. The summed E-state index contributed by atoms with van der Waals surface area (Å²) in [6.45, 7) is 0.903. The van der Waals surface area contributed by atoms with Crippen molar-refractivity contribution in [2.75, 3.05) is 20.6 Å². The van der Waals surface area contributed by atoms with Crippen molar-refractivity contribution in [3.63, 3.8) is 0 Å². The van der Waals surface area contributed by atoms with Crippen molar-refractivity contribution >= 4 is 11.4 Å². The summed E-state index contributed by atoms with van der Waals surface area (Å²) >= 11 is 0. The van der Waals surface area contributed by atoms with Gasteiger partial charge < -0.3 is 10.0 Å². The summed E-state index contributed by atoms with van der Waals surface area (Å²) in [5.41, 5.74) is 4.91. The molecule has 0 atom stereocenters. The molecule has 0 amide bonds. The van der Waals surface area contributed by atoms with Crippen LogP contribution in [0.4, 0.5) is 0 Å². The van der Waals surface area contributed by atoms with E-state index in [4.69, 9.17) is 0 Å². The zero-order valence-corrected chi connectivity index (χ0v) is 17.1. The molecule has 0 spiro atoms. The molecule has 0 radical (unpaired) electrons. The maximum absolute atomic E-state index is 12.4. The molecule has 0 aliphatic carbocycles. The standard InChI is InChI=1S/C24H24N4O2/c1-27(2)12-4-7-23(30)18-10-8-17(9-11-18)21-16-28-22(14-26-24(28)15-25-21)19-5-3-6-20(29)13-19/h3,5-6,8-11,13-16,29H,4,7,12H2,1-2H3. The van der Waals surface area contributed by atoms with Gasteiger partial charge in [0.05, 0.1) is 23.8 Å². The lowest BCUT2D eigenvalue weighted by Crippen LogP contribution is -2.14. The molecule has 0 fully saturated rings. The monoisotopic (exact) mass is 400 g/mol. The lowest BCUT2D eigenvalue weighted by Gasteiger charge is -2.09. The average molecular weight is 400 g/mol. The third-order valence-electron chi connectivity index (χ3n) is 5.05. The number of imidazole rings is 1. The molecule has 30 heavy (non-hydrogen) atoms. The van der Waals surface area contributed by atoms with Crippen molar-refractivity contribution in [2.24, 2.45) is 0 Å². The fourth-order valence-electron chi connectivity index (χ4n) is 3.44. The molecular weight excluding hydrogens is 376 g/mol. The van der Waals surface area contributed by atoms with E-state index in [9.17, 15) is 9.90 Å². The van der Waals surface area contributed by atoms with Crippen molar-refractivity contribution in [3.8, 4) is 28.3 Å². The number of nitrogens with zero attached hydrogens (tertiary/aromatic N) is 4.